The molecule has 1 nitrogen and oxygen atoms in total. The molecule has 1 N–H and O–H groups in total. The maximum atomic E-state index is 14.7. The number of nitrogens with one attached hydrogen (secondary N) is 1. The number of unbranched alkanes of at least 4 members (excludes halogenated alkanes) is 2. The van der Waals surface area contributed by atoms with Crippen LogP contribution < -0.4 is 5.32 Å². The van der Waals surface area contributed by atoms with Gasteiger partial charge in [-0.15, -0.1) is 0 Å². The maximum absolute atomic E-state index is 14.7. The Morgan fingerprint density at radius 2 is 1.41 bits per heavy atom. The van der Waals surface area contributed by atoms with Crippen molar-refractivity contribution in [1.82, 2.24) is 0 Å². The molecule has 0 radical (unpaired) electrons. The molecule has 0 unspecified atom stereocenters. The number of hydrogen-bond donors (Lipinski definition) is 1. The third-order valence-electron chi connectivity index (χ3n) is 4.87. The van der Waals surface area contributed by atoms with Crippen molar-refractivity contribution < 1.29 is 8.78 Å². The van der Waals surface area contributed by atoms with Gasteiger partial charge >= 0.3 is 0 Å². The van der Waals surface area contributed by atoms with E-state index in [1.54, 1.807) is 25.2 Å². The number of anilines is 1. The average molecular weight is 365 g/mol. The number of halogens is 2. The van der Waals surface area contributed by atoms with Gasteiger partial charge in [-0.2, -0.15) is 0 Å². The van der Waals surface area contributed by atoms with E-state index in [2.05, 4.69) is 24.4 Å². The van der Waals surface area contributed by atoms with Crippen molar-refractivity contribution in [1.29, 1.82) is 0 Å². The summed E-state index contributed by atoms with van der Waals surface area (Å²) in [7, 11) is 1.66. The highest BCUT2D eigenvalue weighted by atomic mass is 19.1. The van der Waals surface area contributed by atoms with Crippen molar-refractivity contribution in [2.45, 2.75) is 32.6 Å². The van der Waals surface area contributed by atoms with E-state index >= 15 is 0 Å². The molecule has 0 aliphatic carbocycles. The summed E-state index contributed by atoms with van der Waals surface area (Å²) in [4.78, 5) is 0. The average Bonchev–Trinajstić information content (AvgIpc) is 2.68. The van der Waals surface area contributed by atoms with Gasteiger partial charge in [-0.1, -0.05) is 62.2 Å². The van der Waals surface area contributed by atoms with Crippen LogP contribution in [0.2, 0.25) is 0 Å². The largest absolute Gasteiger partial charge is 0.386 e. The van der Waals surface area contributed by atoms with E-state index < -0.39 is 5.82 Å². The van der Waals surface area contributed by atoms with Crippen LogP contribution in [0.1, 0.15) is 31.7 Å². The zero-order valence-electron chi connectivity index (χ0n) is 15.9. The van der Waals surface area contributed by atoms with Gasteiger partial charge in [0.15, 0.2) is 0 Å². The summed E-state index contributed by atoms with van der Waals surface area (Å²) < 4.78 is 28.7. The molecular weight excluding hydrogens is 340 g/mol. The molecule has 0 aromatic heterocycles. The number of benzene rings is 3. The molecule has 3 aromatic rings. The molecule has 0 heterocycles. The zero-order valence-corrected chi connectivity index (χ0v) is 15.9. The van der Waals surface area contributed by atoms with E-state index in [4.69, 9.17) is 0 Å². The fourth-order valence-electron chi connectivity index (χ4n) is 3.26. The monoisotopic (exact) mass is 365 g/mol. The second-order valence-corrected chi connectivity index (χ2v) is 6.79. The first-order chi connectivity index (χ1) is 13.1. The Labute approximate surface area is 160 Å². The molecule has 0 atom stereocenters. The molecule has 3 rings (SSSR count). The molecule has 27 heavy (non-hydrogen) atoms. The minimum atomic E-state index is -0.392. The Balaban J connectivity index is 1.81. The molecule has 3 aromatic carbocycles. The van der Waals surface area contributed by atoms with Gasteiger partial charge in [0.25, 0.3) is 0 Å². The third kappa shape index (κ3) is 4.54. The molecule has 0 saturated heterocycles. The lowest BCUT2D eigenvalue weighted by Gasteiger charge is -2.09. The van der Waals surface area contributed by atoms with Gasteiger partial charge in [0.2, 0.25) is 0 Å². The van der Waals surface area contributed by atoms with Crippen molar-refractivity contribution >= 4 is 5.69 Å². The fourth-order valence-corrected chi connectivity index (χ4v) is 3.26. The first kappa shape index (κ1) is 19.1. The van der Waals surface area contributed by atoms with Crippen molar-refractivity contribution in [2.75, 3.05) is 12.4 Å². The lowest BCUT2D eigenvalue weighted by Crippen LogP contribution is -1.93. The summed E-state index contributed by atoms with van der Waals surface area (Å²) in [6, 6.07) is 18.1. The first-order valence-corrected chi connectivity index (χ1v) is 9.49. The second-order valence-electron chi connectivity index (χ2n) is 6.79. The highest BCUT2D eigenvalue weighted by Gasteiger charge is 2.10. The summed E-state index contributed by atoms with van der Waals surface area (Å²) in [6.07, 6.45) is 4.73. The van der Waals surface area contributed by atoms with Crippen LogP contribution >= 0.6 is 0 Å². The van der Waals surface area contributed by atoms with E-state index in [1.165, 1.54) is 37.0 Å². The smallest absolute Gasteiger partial charge is 0.146 e. The molecule has 0 saturated carbocycles. The summed E-state index contributed by atoms with van der Waals surface area (Å²) in [6.45, 7) is 2.20. The molecule has 0 aliphatic heterocycles. The fraction of sp³-hybridized carbons (Fsp3) is 0.250. The van der Waals surface area contributed by atoms with Gasteiger partial charge in [0, 0.05) is 12.6 Å². The van der Waals surface area contributed by atoms with Crippen LogP contribution in [0.5, 0.6) is 0 Å². The number of rotatable bonds is 7. The predicted molar refractivity (Wildman–Crippen MR) is 110 cm³/mol. The van der Waals surface area contributed by atoms with Gasteiger partial charge in [0.1, 0.15) is 11.6 Å². The predicted octanol–water partition coefficient (Wildman–Crippen LogP) is 7.07. The Morgan fingerprint density at radius 3 is 2.04 bits per heavy atom. The van der Waals surface area contributed by atoms with Gasteiger partial charge in [-0.05, 0) is 53.3 Å². The first-order valence-electron chi connectivity index (χ1n) is 9.49. The minimum absolute atomic E-state index is 0.351. The zero-order chi connectivity index (χ0) is 19.2. The van der Waals surface area contributed by atoms with E-state index in [-0.39, 0.29) is 5.82 Å². The third-order valence-corrected chi connectivity index (χ3v) is 4.87. The second kappa shape index (κ2) is 8.81. The lowest BCUT2D eigenvalue weighted by atomic mass is 9.98. The minimum Gasteiger partial charge on any atom is -0.386 e. The van der Waals surface area contributed by atoms with E-state index in [0.29, 0.717) is 16.8 Å². The molecule has 0 amide bonds. The summed E-state index contributed by atoms with van der Waals surface area (Å²) >= 11 is 0. The van der Waals surface area contributed by atoms with E-state index in [1.807, 2.05) is 18.2 Å². The highest BCUT2D eigenvalue weighted by molar-refractivity contribution is 5.72. The van der Waals surface area contributed by atoms with Crippen molar-refractivity contribution in [3.8, 4) is 22.3 Å². The van der Waals surface area contributed by atoms with Crippen LogP contribution in [-0.4, -0.2) is 7.05 Å². The highest BCUT2D eigenvalue weighted by Crippen LogP contribution is 2.30. The van der Waals surface area contributed by atoms with E-state index in [9.17, 15) is 8.78 Å². The van der Waals surface area contributed by atoms with Gasteiger partial charge in [-0.3, -0.25) is 0 Å². The molecule has 0 aliphatic rings. The van der Waals surface area contributed by atoms with Crippen LogP contribution in [0.3, 0.4) is 0 Å². The van der Waals surface area contributed by atoms with Crippen LogP contribution in [0.4, 0.5) is 14.5 Å². The number of aryl methyl sites for hydroxylation is 1. The Kier molecular flexibility index (Phi) is 6.23. The molecular formula is C24H25F2N. The Morgan fingerprint density at radius 1 is 0.741 bits per heavy atom. The quantitative estimate of drug-likeness (QED) is 0.441. The molecule has 3 heteroatoms. The standard InChI is InChI=1S/C24H25F2N/c1-3-4-5-6-17-7-9-18(10-8-17)19-11-13-21(22(25)15-19)20-12-14-24(27-2)23(26)16-20/h7-16,27H,3-6H2,1-2H3. The lowest BCUT2D eigenvalue weighted by molar-refractivity contribution is 0.627. The summed E-state index contributed by atoms with van der Waals surface area (Å²) in [5.74, 6) is -0.742. The van der Waals surface area contributed by atoms with E-state index in [0.717, 1.165) is 17.5 Å². The summed E-state index contributed by atoms with van der Waals surface area (Å²) in [5, 5.41) is 2.77. The SMILES string of the molecule is CCCCCc1ccc(-c2ccc(-c3ccc(NC)c(F)c3)c(F)c2)cc1. The van der Waals surface area contributed by atoms with Crippen molar-refractivity contribution in [3.63, 3.8) is 0 Å². The van der Waals surface area contributed by atoms with Gasteiger partial charge in [-0.25, -0.2) is 8.78 Å². The Bertz CT molecular complexity index is 901. The normalized spacial score (nSPS) is 10.8. The molecule has 0 bridgehead atoms. The molecule has 0 spiro atoms. The maximum Gasteiger partial charge on any atom is 0.146 e. The topological polar surface area (TPSA) is 12.0 Å². The summed E-state index contributed by atoms with van der Waals surface area (Å²) in [5.41, 5.74) is 4.44. The Hall–Kier alpha value is -2.68. The van der Waals surface area contributed by atoms with Crippen molar-refractivity contribution in [3.05, 3.63) is 77.9 Å². The van der Waals surface area contributed by atoms with Crippen LogP contribution in [0, 0.1) is 11.6 Å². The van der Waals surface area contributed by atoms with Gasteiger partial charge < -0.3 is 5.32 Å². The van der Waals surface area contributed by atoms with Crippen LogP contribution in [-0.2, 0) is 6.42 Å². The van der Waals surface area contributed by atoms with Gasteiger partial charge in [0.05, 0.1) is 5.69 Å². The molecule has 0 fully saturated rings. The van der Waals surface area contributed by atoms with Crippen LogP contribution in [0.25, 0.3) is 22.3 Å². The van der Waals surface area contributed by atoms with Crippen molar-refractivity contribution in [2.24, 2.45) is 0 Å². The molecule has 140 valence electrons. The van der Waals surface area contributed by atoms with Crippen LogP contribution in [0.15, 0.2) is 60.7 Å². The number of hydrogen-bond acceptors (Lipinski definition) is 1.